The second kappa shape index (κ2) is 6.90. The standard InChI is InChI=1S/C16H35NO2Si/c1-13(2)16(5,6)20(18-7,19-8)17(14(3)4)15-11-9-10-12-15/h13-15H,9-12H2,1-8H3. The van der Waals surface area contributed by atoms with Crippen LogP contribution in [0, 0.1) is 5.92 Å². The Hall–Kier alpha value is 0.0969. The van der Waals surface area contributed by atoms with E-state index in [4.69, 9.17) is 8.85 Å². The fourth-order valence-electron chi connectivity index (χ4n) is 3.70. The average Bonchev–Trinajstić information content (AvgIpc) is 2.88. The SMILES string of the molecule is CO[Si](OC)(N(C(C)C)C1CCCC1)C(C)(C)C(C)C. The van der Waals surface area contributed by atoms with Crippen LogP contribution in [0.3, 0.4) is 0 Å². The van der Waals surface area contributed by atoms with Gasteiger partial charge in [-0.2, -0.15) is 0 Å². The van der Waals surface area contributed by atoms with Crippen molar-refractivity contribution in [3.8, 4) is 0 Å². The quantitative estimate of drug-likeness (QED) is 0.654. The van der Waals surface area contributed by atoms with Gasteiger partial charge >= 0.3 is 8.72 Å². The van der Waals surface area contributed by atoms with E-state index in [1.54, 1.807) is 0 Å². The molecule has 0 aliphatic heterocycles. The Balaban J connectivity index is 3.25. The lowest BCUT2D eigenvalue weighted by Gasteiger charge is -2.53. The van der Waals surface area contributed by atoms with Gasteiger partial charge < -0.3 is 8.85 Å². The van der Waals surface area contributed by atoms with Gasteiger partial charge in [-0.25, -0.2) is 0 Å². The predicted octanol–water partition coefficient (Wildman–Crippen LogP) is 4.31. The van der Waals surface area contributed by atoms with Crippen LogP contribution in [-0.4, -0.2) is 39.6 Å². The largest absolute Gasteiger partial charge is 0.433 e. The Labute approximate surface area is 127 Å². The van der Waals surface area contributed by atoms with Gasteiger partial charge in [-0.05, 0) is 18.8 Å². The van der Waals surface area contributed by atoms with Crippen molar-refractivity contribution in [3.63, 3.8) is 0 Å². The van der Waals surface area contributed by atoms with Crippen molar-refractivity contribution in [1.82, 2.24) is 4.57 Å². The highest BCUT2D eigenvalue weighted by molar-refractivity contribution is 6.68. The van der Waals surface area contributed by atoms with E-state index in [0.717, 1.165) is 0 Å². The molecule has 0 radical (unpaired) electrons. The van der Waals surface area contributed by atoms with Gasteiger partial charge in [-0.1, -0.05) is 54.4 Å². The highest BCUT2D eigenvalue weighted by Crippen LogP contribution is 2.48. The predicted molar refractivity (Wildman–Crippen MR) is 87.9 cm³/mol. The Morgan fingerprint density at radius 1 is 1.00 bits per heavy atom. The molecular formula is C16H35NO2Si. The number of nitrogens with zero attached hydrogens (tertiary/aromatic N) is 1. The molecule has 0 unspecified atom stereocenters. The zero-order valence-corrected chi connectivity index (χ0v) is 15.8. The molecule has 20 heavy (non-hydrogen) atoms. The van der Waals surface area contributed by atoms with Gasteiger partial charge in [0.2, 0.25) is 0 Å². The summed E-state index contributed by atoms with van der Waals surface area (Å²) in [5.74, 6) is 0.525. The van der Waals surface area contributed by atoms with E-state index in [9.17, 15) is 0 Å². The molecule has 4 heteroatoms. The molecule has 3 nitrogen and oxygen atoms in total. The Bertz CT molecular complexity index is 295. The maximum Gasteiger partial charge on any atom is 0.433 e. The number of hydrogen-bond donors (Lipinski definition) is 0. The van der Waals surface area contributed by atoms with Crippen molar-refractivity contribution < 1.29 is 8.85 Å². The molecule has 1 saturated carbocycles. The molecule has 1 rings (SSSR count). The molecule has 0 bridgehead atoms. The summed E-state index contributed by atoms with van der Waals surface area (Å²) in [5, 5.41) is 0.0450. The second-order valence-corrected chi connectivity index (χ2v) is 11.1. The van der Waals surface area contributed by atoms with Crippen LogP contribution in [0.4, 0.5) is 0 Å². The fraction of sp³-hybridized carbons (Fsp3) is 1.00. The lowest BCUT2D eigenvalue weighted by Crippen LogP contribution is -2.69. The van der Waals surface area contributed by atoms with E-state index in [1.165, 1.54) is 25.7 Å². The van der Waals surface area contributed by atoms with Crippen molar-refractivity contribution >= 4 is 8.72 Å². The summed E-state index contributed by atoms with van der Waals surface area (Å²) < 4.78 is 15.0. The van der Waals surface area contributed by atoms with E-state index in [2.05, 4.69) is 46.1 Å². The normalized spacial score (nSPS) is 18.8. The van der Waals surface area contributed by atoms with Crippen molar-refractivity contribution in [3.05, 3.63) is 0 Å². The maximum absolute atomic E-state index is 6.19. The lowest BCUT2D eigenvalue weighted by molar-refractivity contribution is 0.0835. The topological polar surface area (TPSA) is 21.7 Å². The van der Waals surface area contributed by atoms with Gasteiger partial charge in [0.25, 0.3) is 0 Å². The highest BCUT2D eigenvalue weighted by atomic mass is 28.4. The van der Waals surface area contributed by atoms with Crippen LogP contribution < -0.4 is 0 Å². The first-order valence-electron chi connectivity index (χ1n) is 8.13. The lowest BCUT2D eigenvalue weighted by atomic mass is 9.99. The molecule has 120 valence electrons. The first-order chi connectivity index (χ1) is 9.24. The molecular weight excluding hydrogens is 266 g/mol. The zero-order chi connectivity index (χ0) is 15.6. The fourth-order valence-corrected chi connectivity index (χ4v) is 8.16. The molecule has 0 atom stereocenters. The molecule has 0 heterocycles. The third kappa shape index (κ3) is 2.98. The minimum Gasteiger partial charge on any atom is -0.386 e. The van der Waals surface area contributed by atoms with Gasteiger partial charge in [0, 0.05) is 31.3 Å². The number of hydrogen-bond acceptors (Lipinski definition) is 3. The first kappa shape index (κ1) is 18.1. The van der Waals surface area contributed by atoms with Crippen LogP contribution in [0.2, 0.25) is 5.04 Å². The summed E-state index contributed by atoms with van der Waals surface area (Å²) in [4.78, 5) is 0. The van der Waals surface area contributed by atoms with Crippen LogP contribution in [0.1, 0.15) is 67.2 Å². The maximum atomic E-state index is 6.19. The molecule has 0 spiro atoms. The van der Waals surface area contributed by atoms with E-state index in [-0.39, 0.29) is 5.04 Å². The van der Waals surface area contributed by atoms with E-state index in [0.29, 0.717) is 18.0 Å². The molecule has 0 aromatic rings. The summed E-state index contributed by atoms with van der Waals surface area (Å²) in [6.45, 7) is 13.8. The third-order valence-corrected chi connectivity index (χ3v) is 10.3. The monoisotopic (exact) mass is 301 g/mol. The Morgan fingerprint density at radius 2 is 1.45 bits per heavy atom. The molecule has 0 saturated heterocycles. The van der Waals surface area contributed by atoms with Gasteiger partial charge in [-0.3, -0.25) is 4.57 Å². The molecule has 1 fully saturated rings. The molecule has 0 aromatic carbocycles. The summed E-state index contributed by atoms with van der Waals surface area (Å²) in [6, 6.07) is 1.09. The van der Waals surface area contributed by atoms with Crippen molar-refractivity contribution in [2.24, 2.45) is 5.92 Å². The summed E-state index contributed by atoms with van der Waals surface area (Å²) in [5.41, 5.74) is 0. The average molecular weight is 302 g/mol. The Morgan fingerprint density at radius 3 is 1.75 bits per heavy atom. The smallest absolute Gasteiger partial charge is 0.386 e. The highest BCUT2D eigenvalue weighted by Gasteiger charge is 2.60. The molecule has 1 aliphatic carbocycles. The molecule has 0 amide bonds. The minimum absolute atomic E-state index is 0.0450. The van der Waals surface area contributed by atoms with E-state index >= 15 is 0 Å². The van der Waals surface area contributed by atoms with E-state index < -0.39 is 8.72 Å². The Kier molecular flexibility index (Phi) is 6.26. The van der Waals surface area contributed by atoms with Gasteiger partial charge in [-0.15, -0.1) is 0 Å². The van der Waals surface area contributed by atoms with E-state index in [1.807, 2.05) is 14.2 Å². The van der Waals surface area contributed by atoms with Crippen LogP contribution in [0.25, 0.3) is 0 Å². The van der Waals surface area contributed by atoms with Crippen LogP contribution in [0.15, 0.2) is 0 Å². The minimum atomic E-state index is -2.46. The summed E-state index contributed by atoms with van der Waals surface area (Å²) in [6.07, 6.45) is 5.25. The molecule has 0 N–H and O–H groups in total. The van der Waals surface area contributed by atoms with Crippen LogP contribution in [0.5, 0.6) is 0 Å². The van der Waals surface area contributed by atoms with Gasteiger partial charge in [0.1, 0.15) is 0 Å². The number of rotatable bonds is 7. The van der Waals surface area contributed by atoms with Crippen molar-refractivity contribution in [1.29, 1.82) is 0 Å². The summed E-state index contributed by atoms with van der Waals surface area (Å²) in [7, 11) is 1.24. The summed E-state index contributed by atoms with van der Waals surface area (Å²) >= 11 is 0. The van der Waals surface area contributed by atoms with Crippen LogP contribution >= 0.6 is 0 Å². The molecule has 0 aromatic heterocycles. The van der Waals surface area contributed by atoms with Gasteiger partial charge in [0.05, 0.1) is 0 Å². The van der Waals surface area contributed by atoms with Crippen molar-refractivity contribution in [2.45, 2.75) is 84.3 Å². The second-order valence-electron chi connectivity index (χ2n) is 7.31. The zero-order valence-electron chi connectivity index (χ0n) is 14.8. The van der Waals surface area contributed by atoms with Crippen LogP contribution in [-0.2, 0) is 8.85 Å². The third-order valence-electron chi connectivity index (χ3n) is 5.43. The first-order valence-corrected chi connectivity index (χ1v) is 9.89. The van der Waals surface area contributed by atoms with Crippen molar-refractivity contribution in [2.75, 3.05) is 14.2 Å². The molecule has 1 aliphatic rings. The van der Waals surface area contributed by atoms with Gasteiger partial charge in [0.15, 0.2) is 0 Å².